The fraction of sp³-hybridized carbons (Fsp3) is 0.375. The number of carbonyl (C=O) groups excluding carboxylic acids is 2. The van der Waals surface area contributed by atoms with Crippen LogP contribution in [0.2, 0.25) is 0 Å². The smallest absolute Gasteiger partial charge is 0.264 e. The summed E-state index contributed by atoms with van der Waals surface area (Å²) in [5.74, 6) is -0.715. The average Bonchev–Trinajstić information content (AvgIpc) is 2.91. The van der Waals surface area contributed by atoms with Gasteiger partial charge < -0.3 is 10.2 Å². The van der Waals surface area contributed by atoms with E-state index in [0.717, 1.165) is 33.0 Å². The zero-order valence-electron chi connectivity index (χ0n) is 24.3. The summed E-state index contributed by atoms with van der Waals surface area (Å²) in [5, 5.41) is 2.96. The zero-order chi connectivity index (χ0) is 29.4. The van der Waals surface area contributed by atoms with E-state index < -0.39 is 28.5 Å². The highest BCUT2D eigenvalue weighted by Crippen LogP contribution is 2.26. The van der Waals surface area contributed by atoms with Gasteiger partial charge in [-0.15, -0.1) is 0 Å². The maximum atomic E-state index is 14.0. The number of benzene rings is 3. The van der Waals surface area contributed by atoms with E-state index in [-0.39, 0.29) is 23.4 Å². The quantitative estimate of drug-likeness (QED) is 0.329. The van der Waals surface area contributed by atoms with Gasteiger partial charge in [0.1, 0.15) is 12.6 Å². The molecule has 0 heterocycles. The second-order valence-corrected chi connectivity index (χ2v) is 12.3. The van der Waals surface area contributed by atoms with Gasteiger partial charge in [0.25, 0.3) is 10.0 Å². The van der Waals surface area contributed by atoms with E-state index in [2.05, 4.69) is 5.32 Å². The van der Waals surface area contributed by atoms with E-state index in [1.54, 1.807) is 43.3 Å². The molecule has 0 saturated heterocycles. The third kappa shape index (κ3) is 7.94. The number of anilines is 1. The van der Waals surface area contributed by atoms with Crippen LogP contribution in [0.3, 0.4) is 0 Å². The summed E-state index contributed by atoms with van der Waals surface area (Å²) in [6.45, 7) is 11.1. The van der Waals surface area contributed by atoms with Gasteiger partial charge in [0, 0.05) is 12.6 Å². The van der Waals surface area contributed by atoms with Crippen LogP contribution in [-0.2, 0) is 26.0 Å². The Morgan fingerprint density at radius 3 is 2.02 bits per heavy atom. The Morgan fingerprint density at radius 2 is 1.45 bits per heavy atom. The largest absolute Gasteiger partial charge is 0.352 e. The highest BCUT2D eigenvalue weighted by Gasteiger charge is 2.32. The van der Waals surface area contributed by atoms with E-state index >= 15 is 0 Å². The summed E-state index contributed by atoms with van der Waals surface area (Å²) in [6, 6.07) is 21.0. The monoisotopic (exact) mass is 563 g/mol. The number of hydrogen-bond acceptors (Lipinski definition) is 4. The molecule has 0 aliphatic rings. The SMILES string of the molecule is CC[C@@H](C)NC(=O)[C@@H](C)N(CCc1ccccc1)C(=O)CN(c1cc(C)cc(C)c1)S(=O)(=O)c1ccc(C)cc1. The number of nitrogens with one attached hydrogen (secondary N) is 1. The molecular weight excluding hydrogens is 522 g/mol. The van der Waals surface area contributed by atoms with Gasteiger partial charge in [-0.3, -0.25) is 13.9 Å². The predicted octanol–water partition coefficient (Wildman–Crippen LogP) is 5.18. The molecule has 1 N–H and O–H groups in total. The molecule has 0 bridgehead atoms. The van der Waals surface area contributed by atoms with Gasteiger partial charge in [-0.25, -0.2) is 8.42 Å². The van der Waals surface area contributed by atoms with Crippen molar-refractivity contribution < 1.29 is 18.0 Å². The van der Waals surface area contributed by atoms with Crippen molar-refractivity contribution in [1.29, 1.82) is 0 Å². The van der Waals surface area contributed by atoms with Gasteiger partial charge in [0.15, 0.2) is 0 Å². The van der Waals surface area contributed by atoms with Crippen LogP contribution in [0.25, 0.3) is 0 Å². The van der Waals surface area contributed by atoms with Crippen LogP contribution in [0, 0.1) is 20.8 Å². The topological polar surface area (TPSA) is 86.8 Å². The van der Waals surface area contributed by atoms with Crippen molar-refractivity contribution in [1.82, 2.24) is 10.2 Å². The second-order valence-electron chi connectivity index (χ2n) is 10.5. The Labute approximate surface area is 239 Å². The van der Waals surface area contributed by atoms with Crippen LogP contribution in [0.15, 0.2) is 77.7 Å². The van der Waals surface area contributed by atoms with Crippen LogP contribution >= 0.6 is 0 Å². The maximum Gasteiger partial charge on any atom is 0.264 e. The first kappa shape index (κ1) is 30.9. The summed E-state index contributed by atoms with van der Waals surface area (Å²) < 4.78 is 29.1. The summed E-state index contributed by atoms with van der Waals surface area (Å²) in [5.41, 5.74) is 4.13. The van der Waals surface area contributed by atoms with Crippen LogP contribution in [0.1, 0.15) is 49.4 Å². The highest BCUT2D eigenvalue weighted by molar-refractivity contribution is 7.92. The lowest BCUT2D eigenvalue weighted by molar-refractivity contribution is -0.139. The van der Waals surface area contributed by atoms with E-state index in [1.807, 2.05) is 71.0 Å². The summed E-state index contributed by atoms with van der Waals surface area (Å²) in [7, 11) is -4.08. The van der Waals surface area contributed by atoms with Gasteiger partial charge in [0.2, 0.25) is 11.8 Å². The number of aryl methyl sites for hydroxylation is 3. The summed E-state index contributed by atoms with van der Waals surface area (Å²) in [4.78, 5) is 28.7. The average molecular weight is 564 g/mol. The molecule has 0 spiro atoms. The Hall–Kier alpha value is -3.65. The molecule has 0 radical (unpaired) electrons. The Kier molecular flexibility index (Phi) is 10.5. The fourth-order valence-electron chi connectivity index (χ4n) is 4.50. The summed E-state index contributed by atoms with van der Waals surface area (Å²) in [6.07, 6.45) is 1.29. The molecule has 3 aromatic rings. The molecular formula is C32H41N3O4S. The Balaban J connectivity index is 2.01. The first-order chi connectivity index (χ1) is 18.9. The fourth-order valence-corrected chi connectivity index (χ4v) is 5.89. The van der Waals surface area contributed by atoms with Crippen molar-refractivity contribution in [2.75, 3.05) is 17.4 Å². The molecule has 0 aliphatic heterocycles. The third-order valence-corrected chi connectivity index (χ3v) is 8.82. The van der Waals surface area contributed by atoms with Gasteiger partial charge in [-0.1, -0.05) is 61.0 Å². The maximum absolute atomic E-state index is 14.0. The van der Waals surface area contributed by atoms with Gasteiger partial charge in [-0.2, -0.15) is 0 Å². The Bertz CT molecular complexity index is 1390. The minimum Gasteiger partial charge on any atom is -0.352 e. The first-order valence-corrected chi connectivity index (χ1v) is 15.2. The number of rotatable bonds is 12. The van der Waals surface area contributed by atoms with Crippen LogP contribution in [0.4, 0.5) is 5.69 Å². The molecule has 40 heavy (non-hydrogen) atoms. The number of sulfonamides is 1. The molecule has 0 fully saturated rings. The van der Waals surface area contributed by atoms with Crippen LogP contribution in [0.5, 0.6) is 0 Å². The van der Waals surface area contributed by atoms with Gasteiger partial charge in [-0.05, 0) is 88.4 Å². The second kappa shape index (κ2) is 13.6. The standard InChI is InChI=1S/C32H41N3O4S/c1-7-26(5)33-32(37)27(6)34(18-17-28-11-9-8-10-12-28)31(36)22-35(29-20-24(3)19-25(4)21-29)40(38,39)30-15-13-23(2)14-16-30/h8-16,19-21,26-27H,7,17-18,22H2,1-6H3,(H,33,37)/t26-,27-/m1/s1. The molecule has 3 aromatic carbocycles. The van der Waals surface area contributed by atoms with Crippen LogP contribution < -0.4 is 9.62 Å². The normalized spacial score (nSPS) is 12.8. The van der Waals surface area contributed by atoms with E-state index in [4.69, 9.17) is 0 Å². The van der Waals surface area contributed by atoms with E-state index in [9.17, 15) is 18.0 Å². The minimum atomic E-state index is -4.08. The number of carbonyl (C=O) groups is 2. The molecule has 0 saturated carbocycles. The van der Waals surface area contributed by atoms with Crippen molar-refractivity contribution in [3.63, 3.8) is 0 Å². The number of nitrogens with zero attached hydrogens (tertiary/aromatic N) is 2. The number of hydrogen-bond donors (Lipinski definition) is 1. The Morgan fingerprint density at radius 1 is 0.850 bits per heavy atom. The molecule has 0 aromatic heterocycles. The molecule has 8 heteroatoms. The van der Waals surface area contributed by atoms with Crippen molar-refractivity contribution >= 4 is 27.5 Å². The molecule has 214 valence electrons. The van der Waals surface area contributed by atoms with E-state index in [1.165, 1.54) is 4.90 Å². The molecule has 2 amide bonds. The van der Waals surface area contributed by atoms with Gasteiger partial charge in [0.05, 0.1) is 10.6 Å². The lowest BCUT2D eigenvalue weighted by atomic mass is 10.1. The van der Waals surface area contributed by atoms with Crippen LogP contribution in [-0.4, -0.2) is 50.3 Å². The third-order valence-electron chi connectivity index (χ3n) is 7.03. The zero-order valence-corrected chi connectivity index (χ0v) is 25.2. The van der Waals surface area contributed by atoms with Crippen molar-refractivity contribution in [2.45, 2.75) is 71.4 Å². The summed E-state index contributed by atoms with van der Waals surface area (Å²) >= 11 is 0. The lowest BCUT2D eigenvalue weighted by Gasteiger charge is -2.32. The minimum absolute atomic E-state index is 0.0466. The van der Waals surface area contributed by atoms with Crippen molar-refractivity contribution in [2.24, 2.45) is 0 Å². The first-order valence-electron chi connectivity index (χ1n) is 13.7. The number of amides is 2. The molecule has 3 rings (SSSR count). The molecule has 0 aliphatic carbocycles. The molecule has 0 unspecified atom stereocenters. The van der Waals surface area contributed by atoms with Gasteiger partial charge >= 0.3 is 0 Å². The van der Waals surface area contributed by atoms with Crippen molar-refractivity contribution in [3.05, 3.63) is 95.1 Å². The lowest BCUT2D eigenvalue weighted by Crippen LogP contribution is -2.53. The molecule has 2 atom stereocenters. The predicted molar refractivity (Wildman–Crippen MR) is 161 cm³/mol. The molecule has 7 nitrogen and oxygen atoms in total. The van der Waals surface area contributed by atoms with Crippen molar-refractivity contribution in [3.8, 4) is 0 Å². The van der Waals surface area contributed by atoms with E-state index in [0.29, 0.717) is 12.1 Å². The highest BCUT2D eigenvalue weighted by atomic mass is 32.2.